The Bertz CT molecular complexity index is 804. The number of hydrogen-bond acceptors (Lipinski definition) is 4. The van der Waals surface area contributed by atoms with Crippen LogP contribution in [0.5, 0.6) is 0 Å². The Labute approximate surface area is 138 Å². The van der Waals surface area contributed by atoms with Gasteiger partial charge < -0.3 is 10.1 Å². The van der Waals surface area contributed by atoms with E-state index in [0.29, 0.717) is 11.1 Å². The monoisotopic (exact) mass is 324 g/mol. The highest BCUT2D eigenvalue weighted by Crippen LogP contribution is 2.25. The van der Waals surface area contributed by atoms with Crippen LogP contribution in [-0.4, -0.2) is 17.9 Å². The summed E-state index contributed by atoms with van der Waals surface area (Å²) in [5.41, 5.74) is 0.516. The Morgan fingerprint density at radius 3 is 2.50 bits per heavy atom. The number of carbonyl (C=O) groups excluding carboxylic acids is 3. The summed E-state index contributed by atoms with van der Waals surface area (Å²) in [4.78, 5) is 35.6. The molecule has 1 aliphatic heterocycles. The molecule has 1 fully saturated rings. The van der Waals surface area contributed by atoms with Crippen LogP contribution in [0.25, 0.3) is 0 Å². The van der Waals surface area contributed by atoms with Gasteiger partial charge in [0.05, 0.1) is 5.56 Å². The second-order valence-corrected chi connectivity index (χ2v) is 5.68. The smallest absolute Gasteiger partial charge is 0.338 e. The fourth-order valence-corrected chi connectivity index (χ4v) is 2.51. The minimum absolute atomic E-state index is 0.165. The summed E-state index contributed by atoms with van der Waals surface area (Å²) in [6, 6.07) is 15.3. The van der Waals surface area contributed by atoms with Crippen LogP contribution in [-0.2, 0) is 21.7 Å². The summed E-state index contributed by atoms with van der Waals surface area (Å²) in [5.74, 6) is -0.948. The Hall–Kier alpha value is -3.15. The van der Waals surface area contributed by atoms with Crippen molar-refractivity contribution in [3.63, 3.8) is 0 Å². The van der Waals surface area contributed by atoms with E-state index in [1.165, 1.54) is 0 Å². The topological polar surface area (TPSA) is 84.5 Å². The molecule has 1 saturated heterocycles. The molecule has 0 bridgehead atoms. The lowest BCUT2D eigenvalue weighted by atomic mass is 9.91. The standard InChI is InChI=1S/C18H16N2O4/c1-18(16(22)19-17(23)20-18)14-9-5-8-13(10-14)15(21)24-11-12-6-3-2-4-7-12/h2-10H,11H2,1H3,(H2,19,20,22,23). The molecule has 6 nitrogen and oxygen atoms in total. The van der Waals surface area contributed by atoms with Crippen LogP contribution >= 0.6 is 0 Å². The van der Waals surface area contributed by atoms with Crippen molar-refractivity contribution in [1.82, 2.24) is 10.6 Å². The lowest BCUT2D eigenvalue weighted by Crippen LogP contribution is -2.40. The zero-order valence-electron chi connectivity index (χ0n) is 13.0. The maximum absolute atomic E-state index is 12.2. The molecule has 0 saturated carbocycles. The molecular weight excluding hydrogens is 308 g/mol. The quantitative estimate of drug-likeness (QED) is 0.666. The van der Waals surface area contributed by atoms with Gasteiger partial charge in [0, 0.05) is 0 Å². The summed E-state index contributed by atoms with van der Waals surface area (Å²) in [6.07, 6.45) is 0. The Morgan fingerprint density at radius 1 is 1.08 bits per heavy atom. The average molecular weight is 324 g/mol. The van der Waals surface area contributed by atoms with Crippen LogP contribution in [0, 0.1) is 0 Å². The minimum atomic E-state index is -1.20. The van der Waals surface area contributed by atoms with Gasteiger partial charge in [-0.1, -0.05) is 42.5 Å². The van der Waals surface area contributed by atoms with Gasteiger partial charge in [-0.15, -0.1) is 0 Å². The molecule has 0 aliphatic carbocycles. The van der Waals surface area contributed by atoms with Gasteiger partial charge in [0.2, 0.25) is 0 Å². The van der Waals surface area contributed by atoms with Gasteiger partial charge in [-0.05, 0) is 30.2 Å². The Balaban J connectivity index is 1.77. The van der Waals surface area contributed by atoms with E-state index in [0.717, 1.165) is 5.56 Å². The van der Waals surface area contributed by atoms with Crippen LogP contribution in [0.3, 0.4) is 0 Å². The second-order valence-electron chi connectivity index (χ2n) is 5.68. The molecule has 3 rings (SSSR count). The summed E-state index contributed by atoms with van der Waals surface area (Å²) < 4.78 is 5.29. The Morgan fingerprint density at radius 2 is 1.83 bits per heavy atom. The van der Waals surface area contributed by atoms with E-state index in [9.17, 15) is 14.4 Å². The fourth-order valence-electron chi connectivity index (χ4n) is 2.51. The molecule has 1 atom stereocenters. The van der Waals surface area contributed by atoms with E-state index in [4.69, 9.17) is 4.74 Å². The number of imide groups is 1. The third-order valence-electron chi connectivity index (χ3n) is 3.93. The maximum Gasteiger partial charge on any atom is 0.338 e. The highest BCUT2D eigenvalue weighted by atomic mass is 16.5. The summed E-state index contributed by atoms with van der Waals surface area (Å²) >= 11 is 0. The first-order valence-electron chi connectivity index (χ1n) is 7.44. The van der Waals surface area contributed by atoms with E-state index in [-0.39, 0.29) is 6.61 Å². The van der Waals surface area contributed by atoms with Gasteiger partial charge in [-0.3, -0.25) is 10.1 Å². The first kappa shape index (κ1) is 15.7. The first-order chi connectivity index (χ1) is 11.5. The van der Waals surface area contributed by atoms with E-state index >= 15 is 0 Å². The molecule has 2 aromatic rings. The fraction of sp³-hybridized carbons (Fsp3) is 0.167. The van der Waals surface area contributed by atoms with Gasteiger partial charge in [0.1, 0.15) is 12.1 Å². The van der Waals surface area contributed by atoms with Crippen molar-refractivity contribution in [3.8, 4) is 0 Å². The van der Waals surface area contributed by atoms with Crippen molar-refractivity contribution in [3.05, 3.63) is 71.3 Å². The van der Waals surface area contributed by atoms with E-state index in [1.54, 1.807) is 31.2 Å². The number of carbonyl (C=O) groups is 3. The number of benzene rings is 2. The Kier molecular flexibility index (Phi) is 4.04. The normalized spacial score (nSPS) is 19.5. The number of amides is 3. The second kappa shape index (κ2) is 6.16. The molecule has 6 heteroatoms. The zero-order valence-corrected chi connectivity index (χ0v) is 13.0. The van der Waals surface area contributed by atoms with E-state index in [1.807, 2.05) is 30.3 Å². The van der Waals surface area contributed by atoms with Crippen molar-refractivity contribution in [2.75, 3.05) is 0 Å². The summed E-state index contributed by atoms with van der Waals surface area (Å²) in [6.45, 7) is 1.75. The molecule has 122 valence electrons. The third kappa shape index (κ3) is 2.99. The highest BCUT2D eigenvalue weighted by molar-refractivity contribution is 6.07. The largest absolute Gasteiger partial charge is 0.457 e. The molecule has 1 unspecified atom stereocenters. The molecule has 1 heterocycles. The molecule has 24 heavy (non-hydrogen) atoms. The van der Waals surface area contributed by atoms with E-state index < -0.39 is 23.4 Å². The number of esters is 1. The number of urea groups is 1. The lowest BCUT2D eigenvalue weighted by Gasteiger charge is -2.21. The molecule has 2 N–H and O–H groups in total. The number of nitrogens with one attached hydrogen (secondary N) is 2. The van der Waals surface area contributed by atoms with Crippen molar-refractivity contribution in [2.45, 2.75) is 19.1 Å². The van der Waals surface area contributed by atoms with Gasteiger partial charge in [0.25, 0.3) is 5.91 Å². The molecular formula is C18H16N2O4. The van der Waals surface area contributed by atoms with Crippen LogP contribution in [0.2, 0.25) is 0 Å². The van der Waals surface area contributed by atoms with Gasteiger partial charge in [0.15, 0.2) is 0 Å². The molecule has 2 aromatic carbocycles. The first-order valence-corrected chi connectivity index (χ1v) is 7.44. The molecule has 0 aromatic heterocycles. The predicted octanol–water partition coefficient (Wildman–Crippen LogP) is 2.10. The van der Waals surface area contributed by atoms with Gasteiger partial charge in [-0.25, -0.2) is 9.59 Å². The predicted molar refractivity (Wildman–Crippen MR) is 86.0 cm³/mol. The highest BCUT2D eigenvalue weighted by Gasteiger charge is 2.43. The summed E-state index contributed by atoms with van der Waals surface area (Å²) in [5, 5.41) is 4.76. The van der Waals surface area contributed by atoms with Gasteiger partial charge in [-0.2, -0.15) is 0 Å². The van der Waals surface area contributed by atoms with Crippen molar-refractivity contribution in [1.29, 1.82) is 0 Å². The lowest BCUT2D eigenvalue weighted by molar-refractivity contribution is -0.123. The number of hydrogen-bond donors (Lipinski definition) is 2. The van der Waals surface area contributed by atoms with Crippen LogP contribution < -0.4 is 10.6 Å². The summed E-state index contributed by atoms with van der Waals surface area (Å²) in [7, 11) is 0. The van der Waals surface area contributed by atoms with E-state index in [2.05, 4.69) is 10.6 Å². The van der Waals surface area contributed by atoms with Crippen LogP contribution in [0.1, 0.15) is 28.4 Å². The minimum Gasteiger partial charge on any atom is -0.457 e. The third-order valence-corrected chi connectivity index (χ3v) is 3.93. The van der Waals surface area contributed by atoms with Crippen molar-refractivity contribution >= 4 is 17.9 Å². The molecule has 0 radical (unpaired) electrons. The molecule has 0 spiro atoms. The molecule has 3 amide bonds. The van der Waals surface area contributed by atoms with Crippen LogP contribution in [0.15, 0.2) is 54.6 Å². The SMILES string of the molecule is CC1(c2cccc(C(=O)OCc3ccccc3)c2)NC(=O)NC1=O. The molecule has 1 aliphatic rings. The van der Waals surface area contributed by atoms with Crippen LogP contribution in [0.4, 0.5) is 4.79 Å². The number of rotatable bonds is 4. The van der Waals surface area contributed by atoms with Gasteiger partial charge >= 0.3 is 12.0 Å². The average Bonchev–Trinajstić information content (AvgIpc) is 2.87. The number of ether oxygens (including phenoxy) is 1. The van der Waals surface area contributed by atoms with Crippen molar-refractivity contribution < 1.29 is 19.1 Å². The zero-order chi connectivity index (χ0) is 17.2. The van der Waals surface area contributed by atoms with Crippen molar-refractivity contribution in [2.24, 2.45) is 0 Å². The maximum atomic E-state index is 12.2.